The Hall–Kier alpha value is -2.36. The molecule has 1 aromatic carbocycles. The summed E-state index contributed by atoms with van der Waals surface area (Å²) in [7, 11) is 2.00. The van der Waals surface area contributed by atoms with Crippen LogP contribution in [0.4, 0.5) is 5.69 Å². The van der Waals surface area contributed by atoms with Crippen LogP contribution in [0.25, 0.3) is 0 Å². The summed E-state index contributed by atoms with van der Waals surface area (Å²) in [5, 5.41) is 0. The van der Waals surface area contributed by atoms with Crippen molar-refractivity contribution in [2.45, 2.75) is 33.3 Å². The molecule has 1 heterocycles. The summed E-state index contributed by atoms with van der Waals surface area (Å²) in [5.74, 6) is 0.640. The Bertz CT molecular complexity index is 640. The molecule has 1 aromatic heterocycles. The lowest BCUT2D eigenvalue weighted by Crippen LogP contribution is -2.14. The molecule has 0 radical (unpaired) electrons. The number of pyridine rings is 1. The predicted molar refractivity (Wildman–Crippen MR) is 95.5 cm³/mol. The van der Waals surface area contributed by atoms with Crippen LogP contribution in [0.3, 0.4) is 0 Å². The van der Waals surface area contributed by atoms with Crippen LogP contribution < -0.4 is 4.74 Å². The van der Waals surface area contributed by atoms with Gasteiger partial charge in [0.15, 0.2) is 0 Å². The first-order chi connectivity index (χ1) is 11.1. The number of aromatic nitrogens is 1. The van der Waals surface area contributed by atoms with Gasteiger partial charge >= 0.3 is 0 Å². The Balaban J connectivity index is 2.12. The maximum atomic E-state index is 6.06. The summed E-state index contributed by atoms with van der Waals surface area (Å²) in [5.41, 5.74) is 2.90. The molecule has 4 heteroatoms. The van der Waals surface area contributed by atoms with Crippen molar-refractivity contribution in [2.24, 2.45) is 4.99 Å². The molecular weight excluding hydrogens is 286 g/mol. The van der Waals surface area contributed by atoms with Gasteiger partial charge in [-0.1, -0.05) is 37.3 Å². The minimum Gasteiger partial charge on any atom is -0.469 e. The molecule has 122 valence electrons. The number of hydrogen-bond acceptors (Lipinski definition) is 3. The Morgan fingerprint density at radius 1 is 1.17 bits per heavy atom. The van der Waals surface area contributed by atoms with Crippen molar-refractivity contribution in [3.63, 3.8) is 0 Å². The van der Waals surface area contributed by atoms with Gasteiger partial charge in [-0.05, 0) is 31.9 Å². The topological polar surface area (TPSA) is 37.7 Å². The van der Waals surface area contributed by atoms with Crippen LogP contribution in [-0.2, 0) is 0 Å². The quantitative estimate of drug-likeness (QED) is 0.557. The van der Waals surface area contributed by atoms with E-state index in [0.29, 0.717) is 5.88 Å². The number of nitrogens with zero attached hydrogens (tertiary/aromatic N) is 3. The molecule has 0 saturated carbocycles. The van der Waals surface area contributed by atoms with Gasteiger partial charge in [-0.3, -0.25) is 0 Å². The van der Waals surface area contributed by atoms with E-state index in [4.69, 9.17) is 4.74 Å². The zero-order valence-corrected chi connectivity index (χ0v) is 14.4. The van der Waals surface area contributed by atoms with Gasteiger partial charge in [0.05, 0.1) is 17.7 Å². The summed E-state index contributed by atoms with van der Waals surface area (Å²) in [6.07, 6.45) is 2.73. The first kappa shape index (κ1) is 17.0. The van der Waals surface area contributed by atoms with Crippen molar-refractivity contribution in [1.29, 1.82) is 0 Å². The molecule has 0 fully saturated rings. The number of benzene rings is 1. The molecule has 0 N–H and O–H groups in total. The smallest absolute Gasteiger partial charge is 0.214 e. The summed E-state index contributed by atoms with van der Waals surface area (Å²) >= 11 is 0. The molecule has 1 atom stereocenters. The van der Waals surface area contributed by atoms with Crippen LogP contribution >= 0.6 is 0 Å². The summed E-state index contributed by atoms with van der Waals surface area (Å²) in [6.45, 7) is 7.08. The lowest BCUT2D eigenvalue weighted by Gasteiger charge is -2.17. The second kappa shape index (κ2) is 8.32. The fraction of sp³-hybridized carbons (Fsp3) is 0.368. The van der Waals surface area contributed by atoms with Crippen LogP contribution in [0, 0.1) is 6.92 Å². The first-order valence-electron chi connectivity index (χ1n) is 8.07. The summed E-state index contributed by atoms with van der Waals surface area (Å²) < 4.78 is 6.06. The maximum Gasteiger partial charge on any atom is 0.214 e. The highest BCUT2D eigenvalue weighted by atomic mass is 16.5. The van der Waals surface area contributed by atoms with Gasteiger partial charge in [-0.25, -0.2) is 9.98 Å². The Kier molecular flexibility index (Phi) is 6.15. The number of hydrogen-bond donors (Lipinski definition) is 0. The standard InChI is InChI=1S/C19H25N3O/c1-5-18(16-10-8-7-9-11-16)23-19-13-12-17(15(3)21-19)20-14-22(4)6-2/h7-14,18H,5-6H2,1-4H3/b20-14+. The van der Waals surface area contributed by atoms with E-state index < -0.39 is 0 Å². The highest BCUT2D eigenvalue weighted by Crippen LogP contribution is 2.26. The van der Waals surface area contributed by atoms with Crippen molar-refractivity contribution in [2.75, 3.05) is 13.6 Å². The van der Waals surface area contributed by atoms with E-state index in [1.807, 2.05) is 55.5 Å². The fourth-order valence-electron chi connectivity index (χ4n) is 2.18. The van der Waals surface area contributed by atoms with Crippen molar-refractivity contribution < 1.29 is 4.74 Å². The van der Waals surface area contributed by atoms with Crippen molar-refractivity contribution in [3.8, 4) is 5.88 Å². The minimum absolute atomic E-state index is 0.0173. The average molecular weight is 311 g/mol. The fourth-order valence-corrected chi connectivity index (χ4v) is 2.18. The van der Waals surface area contributed by atoms with Gasteiger partial charge in [-0.2, -0.15) is 0 Å². The molecule has 0 aliphatic heterocycles. The molecule has 0 amide bonds. The minimum atomic E-state index is 0.0173. The maximum absolute atomic E-state index is 6.06. The van der Waals surface area contributed by atoms with E-state index in [2.05, 4.69) is 36.0 Å². The Labute approximate surface area is 138 Å². The summed E-state index contributed by atoms with van der Waals surface area (Å²) in [6, 6.07) is 14.1. The van der Waals surface area contributed by atoms with E-state index in [9.17, 15) is 0 Å². The van der Waals surface area contributed by atoms with Crippen LogP contribution in [0.2, 0.25) is 0 Å². The van der Waals surface area contributed by atoms with Gasteiger partial charge < -0.3 is 9.64 Å². The van der Waals surface area contributed by atoms with Gasteiger partial charge in [0, 0.05) is 19.7 Å². The number of rotatable bonds is 7. The van der Waals surface area contributed by atoms with Crippen LogP contribution in [-0.4, -0.2) is 29.8 Å². The SMILES string of the molecule is CCC(Oc1ccc(/N=C/N(C)CC)c(C)n1)c1ccccc1. The van der Waals surface area contributed by atoms with Gasteiger partial charge in [0.1, 0.15) is 6.10 Å². The molecule has 4 nitrogen and oxygen atoms in total. The Morgan fingerprint density at radius 2 is 1.91 bits per heavy atom. The van der Waals surface area contributed by atoms with Crippen molar-refractivity contribution in [3.05, 3.63) is 53.7 Å². The third kappa shape index (κ3) is 4.81. The monoisotopic (exact) mass is 311 g/mol. The second-order valence-corrected chi connectivity index (χ2v) is 5.50. The molecule has 2 aromatic rings. The van der Waals surface area contributed by atoms with E-state index in [0.717, 1.165) is 24.3 Å². The van der Waals surface area contributed by atoms with Crippen molar-refractivity contribution >= 4 is 12.0 Å². The van der Waals surface area contributed by atoms with Crippen LogP contribution in [0.1, 0.15) is 37.6 Å². The summed E-state index contributed by atoms with van der Waals surface area (Å²) in [4.78, 5) is 11.0. The number of aliphatic imine (C=N–C) groups is 1. The average Bonchev–Trinajstić information content (AvgIpc) is 2.59. The zero-order valence-electron chi connectivity index (χ0n) is 14.4. The van der Waals surface area contributed by atoms with Crippen molar-refractivity contribution in [1.82, 2.24) is 9.88 Å². The lowest BCUT2D eigenvalue weighted by atomic mass is 10.1. The molecule has 0 aliphatic carbocycles. The lowest BCUT2D eigenvalue weighted by molar-refractivity contribution is 0.192. The molecule has 0 bridgehead atoms. The molecule has 0 spiro atoms. The first-order valence-corrected chi connectivity index (χ1v) is 8.07. The van der Waals surface area contributed by atoms with Gasteiger partial charge in [0.2, 0.25) is 5.88 Å². The van der Waals surface area contributed by atoms with E-state index in [-0.39, 0.29) is 6.10 Å². The number of ether oxygens (including phenoxy) is 1. The highest BCUT2D eigenvalue weighted by molar-refractivity contribution is 5.62. The van der Waals surface area contributed by atoms with E-state index >= 15 is 0 Å². The predicted octanol–water partition coefficient (Wildman–Crippen LogP) is 4.53. The largest absolute Gasteiger partial charge is 0.469 e. The molecule has 0 aliphatic rings. The molecular formula is C19H25N3O. The second-order valence-electron chi connectivity index (χ2n) is 5.50. The zero-order chi connectivity index (χ0) is 16.7. The molecule has 1 unspecified atom stereocenters. The van der Waals surface area contributed by atoms with Gasteiger partial charge in [-0.15, -0.1) is 0 Å². The van der Waals surface area contributed by atoms with Crippen LogP contribution in [0.15, 0.2) is 47.5 Å². The highest BCUT2D eigenvalue weighted by Gasteiger charge is 2.12. The Morgan fingerprint density at radius 3 is 2.52 bits per heavy atom. The molecule has 0 saturated heterocycles. The molecule has 23 heavy (non-hydrogen) atoms. The van der Waals surface area contributed by atoms with Gasteiger partial charge in [0.25, 0.3) is 0 Å². The molecule has 2 rings (SSSR count). The van der Waals surface area contributed by atoms with E-state index in [1.165, 1.54) is 5.56 Å². The normalized spacial score (nSPS) is 12.3. The van der Waals surface area contributed by atoms with Crippen LogP contribution in [0.5, 0.6) is 5.88 Å². The third-order valence-electron chi connectivity index (χ3n) is 3.73. The van der Waals surface area contributed by atoms with E-state index in [1.54, 1.807) is 0 Å². The third-order valence-corrected chi connectivity index (χ3v) is 3.73. The number of aryl methyl sites for hydroxylation is 1.